The van der Waals surface area contributed by atoms with Crippen LogP contribution in [0.3, 0.4) is 0 Å². The Morgan fingerprint density at radius 2 is 0.964 bits per heavy atom. The van der Waals surface area contributed by atoms with Crippen LogP contribution in [0.1, 0.15) is 61.2 Å². The Morgan fingerprint density at radius 3 is 1.32 bits per heavy atom. The Morgan fingerprint density at radius 1 is 0.554 bits per heavy atom. The number of carbonyl (C=O) groups excluding carboxylic acids is 2. The van der Waals surface area contributed by atoms with Crippen molar-refractivity contribution in [2.24, 2.45) is 0 Å². The number of hydrogen-bond donors (Lipinski definition) is 0. The van der Waals surface area contributed by atoms with Crippen LogP contribution < -0.4 is 9.47 Å². The number of carbonyl (C=O) groups is 2. The molecule has 2 aromatic heterocycles. The van der Waals surface area contributed by atoms with Gasteiger partial charge in [-0.05, 0) is 96.8 Å². The zero-order chi connectivity index (χ0) is 39.3. The summed E-state index contributed by atoms with van der Waals surface area (Å²) in [5.74, 6) is -1.07. The molecule has 0 spiro atoms. The maximum absolute atomic E-state index is 13.0. The maximum Gasteiger partial charge on any atom is 0.417 e. The first-order chi connectivity index (χ1) is 27.3. The van der Waals surface area contributed by atoms with Crippen molar-refractivity contribution < 1.29 is 28.5 Å². The predicted molar refractivity (Wildman–Crippen MR) is 209 cm³/mol. The van der Waals surface area contributed by atoms with E-state index in [1.165, 1.54) is 0 Å². The van der Waals surface area contributed by atoms with Gasteiger partial charge in [0.05, 0.1) is 23.3 Å². The van der Waals surface area contributed by atoms with Gasteiger partial charge in [-0.15, -0.1) is 0 Å². The van der Waals surface area contributed by atoms with Crippen molar-refractivity contribution in [1.29, 1.82) is 10.5 Å². The highest BCUT2D eigenvalue weighted by Crippen LogP contribution is 2.31. The molecule has 4 aromatic carbocycles. The summed E-state index contributed by atoms with van der Waals surface area (Å²) in [6, 6.07) is 41.3. The molecular weight excluding hydrogens is 705 g/mol. The monoisotopic (exact) mass is 742 g/mol. The number of ether oxygens (including phenoxy) is 4. The van der Waals surface area contributed by atoms with E-state index in [4.69, 9.17) is 18.9 Å². The molecule has 0 saturated carbocycles. The molecule has 6 aromatic rings. The van der Waals surface area contributed by atoms with Gasteiger partial charge in [0.15, 0.2) is 0 Å². The number of pyridine rings is 2. The average molecular weight is 743 g/mol. The van der Waals surface area contributed by atoms with E-state index in [1.807, 2.05) is 97.1 Å². The number of hydrogen-bond acceptors (Lipinski definition) is 10. The average Bonchev–Trinajstić information content (AvgIpc) is 3.24. The summed E-state index contributed by atoms with van der Waals surface area (Å²) >= 11 is 0. The van der Waals surface area contributed by atoms with E-state index in [0.717, 1.165) is 33.4 Å². The topological polar surface area (TPSA) is 144 Å². The molecular formula is C46H38N4O6. The van der Waals surface area contributed by atoms with Crippen LogP contribution in [0.25, 0.3) is 22.3 Å². The molecule has 10 nitrogen and oxygen atoms in total. The Hall–Kier alpha value is -7.30. The lowest BCUT2D eigenvalue weighted by atomic mass is 10.0. The van der Waals surface area contributed by atoms with E-state index >= 15 is 0 Å². The minimum absolute atomic E-state index is 0.228. The van der Waals surface area contributed by atoms with Crippen LogP contribution in [0.5, 0.6) is 11.5 Å². The minimum atomic E-state index is -1.12. The molecule has 0 aliphatic rings. The number of esters is 2. The van der Waals surface area contributed by atoms with E-state index in [2.05, 4.69) is 22.1 Å². The smallest absolute Gasteiger partial charge is 0.417 e. The van der Waals surface area contributed by atoms with Crippen molar-refractivity contribution in [2.45, 2.75) is 51.1 Å². The Balaban J connectivity index is 1.06. The summed E-state index contributed by atoms with van der Waals surface area (Å²) in [5.41, 5.74) is 6.35. The normalized spacial score (nSPS) is 12.8. The third-order valence-corrected chi connectivity index (χ3v) is 8.90. The number of benzene rings is 4. The molecule has 4 unspecified atom stereocenters. The first-order valence-corrected chi connectivity index (χ1v) is 18.0. The van der Waals surface area contributed by atoms with Crippen LogP contribution in [0.2, 0.25) is 0 Å². The number of rotatable bonds is 14. The molecule has 0 amide bonds. The van der Waals surface area contributed by atoms with Gasteiger partial charge in [0, 0.05) is 48.8 Å². The Labute approximate surface area is 325 Å². The van der Waals surface area contributed by atoms with Gasteiger partial charge in [0.25, 0.3) is 0 Å². The highest BCUT2D eigenvalue weighted by molar-refractivity contribution is 6.29. The molecule has 0 aliphatic carbocycles. The largest absolute Gasteiger partial charge is 0.486 e. The van der Waals surface area contributed by atoms with Gasteiger partial charge >= 0.3 is 11.9 Å². The highest BCUT2D eigenvalue weighted by Gasteiger charge is 2.28. The molecule has 0 N–H and O–H groups in total. The zero-order valence-electron chi connectivity index (χ0n) is 30.8. The predicted octanol–water partition coefficient (Wildman–Crippen LogP) is 9.14. The minimum Gasteiger partial charge on any atom is -0.486 e. The van der Waals surface area contributed by atoms with Gasteiger partial charge < -0.3 is 18.9 Å². The first kappa shape index (κ1) is 38.4. The quantitative estimate of drug-likeness (QED) is 0.0783. The summed E-state index contributed by atoms with van der Waals surface area (Å²) < 4.78 is 23.8. The van der Waals surface area contributed by atoms with Gasteiger partial charge in [-0.25, -0.2) is 9.59 Å². The molecule has 0 bridgehead atoms. The van der Waals surface area contributed by atoms with Crippen molar-refractivity contribution in [2.75, 3.05) is 0 Å². The Bertz CT molecular complexity index is 2160. The van der Waals surface area contributed by atoms with Crippen LogP contribution >= 0.6 is 0 Å². The molecule has 4 atom stereocenters. The van der Waals surface area contributed by atoms with E-state index < -0.39 is 36.4 Å². The zero-order valence-corrected chi connectivity index (χ0v) is 30.8. The third-order valence-electron chi connectivity index (χ3n) is 8.90. The van der Waals surface area contributed by atoms with Crippen molar-refractivity contribution in [3.63, 3.8) is 0 Å². The lowest BCUT2D eigenvalue weighted by Crippen LogP contribution is -2.30. The molecule has 278 valence electrons. The van der Waals surface area contributed by atoms with Gasteiger partial charge in [0.2, 0.25) is 0 Å². The van der Waals surface area contributed by atoms with Crippen molar-refractivity contribution in [1.82, 2.24) is 9.97 Å². The fourth-order valence-corrected chi connectivity index (χ4v) is 6.12. The molecule has 2 heterocycles. The van der Waals surface area contributed by atoms with Gasteiger partial charge in [-0.2, -0.15) is 10.5 Å². The van der Waals surface area contributed by atoms with Crippen molar-refractivity contribution in [3.8, 4) is 45.9 Å². The number of aromatic nitrogens is 2. The van der Waals surface area contributed by atoms with Crippen molar-refractivity contribution >= 4 is 11.9 Å². The standard InChI is InChI=1S/C46H38N4O6/c1-31(23-43(39-11-5-21-49-29-39)55-41-17-13-35(14-18-41)37-9-3-7-33(25-37)27-47)53-45(51)46(52)54-32(2)24-44(40-12-6-22-50-30-40)56-42-19-15-36(16-20-42)38-10-4-8-34(26-38)28-48/h3-22,25-26,29-32,43-44H,23-24H2,1-2H3. The van der Waals surface area contributed by atoms with E-state index in [-0.39, 0.29) is 12.8 Å². The third kappa shape index (κ3) is 10.4. The number of nitriles is 2. The molecule has 6 rings (SSSR count). The van der Waals surface area contributed by atoms with E-state index in [1.54, 1.807) is 62.9 Å². The Kier molecular flexibility index (Phi) is 12.8. The second kappa shape index (κ2) is 18.6. The maximum atomic E-state index is 13.0. The fourth-order valence-electron chi connectivity index (χ4n) is 6.12. The van der Waals surface area contributed by atoms with E-state index in [9.17, 15) is 20.1 Å². The molecule has 56 heavy (non-hydrogen) atoms. The lowest BCUT2D eigenvalue weighted by Gasteiger charge is -2.24. The second-order valence-corrected chi connectivity index (χ2v) is 13.1. The molecule has 0 aliphatic heterocycles. The van der Waals surface area contributed by atoms with Gasteiger partial charge in [-0.3, -0.25) is 9.97 Å². The summed E-state index contributed by atoms with van der Waals surface area (Å²) in [7, 11) is 0. The number of nitrogens with zero attached hydrogens (tertiary/aromatic N) is 4. The van der Waals surface area contributed by atoms with Crippen LogP contribution in [0.15, 0.2) is 146 Å². The van der Waals surface area contributed by atoms with Crippen LogP contribution in [-0.4, -0.2) is 34.1 Å². The van der Waals surface area contributed by atoms with Crippen LogP contribution in [-0.2, 0) is 19.1 Å². The fraction of sp³-hybridized carbons (Fsp3) is 0.174. The molecule has 0 saturated heterocycles. The highest BCUT2D eigenvalue weighted by atomic mass is 16.6. The summed E-state index contributed by atoms with van der Waals surface area (Å²) in [4.78, 5) is 34.4. The van der Waals surface area contributed by atoms with Gasteiger partial charge in [-0.1, -0.05) is 60.7 Å². The summed E-state index contributed by atoms with van der Waals surface area (Å²) in [5, 5.41) is 18.5. The molecule has 0 fully saturated rings. The molecule has 0 radical (unpaired) electrons. The van der Waals surface area contributed by atoms with Gasteiger partial charge in [0.1, 0.15) is 35.9 Å². The van der Waals surface area contributed by atoms with Crippen LogP contribution in [0.4, 0.5) is 0 Å². The van der Waals surface area contributed by atoms with Crippen molar-refractivity contribution in [3.05, 3.63) is 168 Å². The SMILES string of the molecule is CC(CC(Oc1ccc(-c2cccc(C#N)c2)cc1)c1cccnc1)OC(=O)C(=O)OC(C)CC(Oc1ccc(-c2cccc(C#N)c2)cc1)c1cccnc1. The summed E-state index contributed by atoms with van der Waals surface area (Å²) in [6.07, 6.45) is 4.58. The van der Waals surface area contributed by atoms with E-state index in [0.29, 0.717) is 22.6 Å². The lowest BCUT2D eigenvalue weighted by molar-refractivity contribution is -0.174. The second-order valence-electron chi connectivity index (χ2n) is 13.1. The van der Waals surface area contributed by atoms with Crippen LogP contribution in [0, 0.1) is 22.7 Å². The summed E-state index contributed by atoms with van der Waals surface area (Å²) in [6.45, 7) is 3.37. The first-order valence-electron chi connectivity index (χ1n) is 18.0. The molecule has 10 heteroatoms.